The van der Waals surface area contributed by atoms with Gasteiger partial charge in [-0.2, -0.15) is 0 Å². The fourth-order valence-electron chi connectivity index (χ4n) is 2.42. The normalized spacial score (nSPS) is 11.5. The molecule has 1 atom stereocenters. The van der Waals surface area contributed by atoms with Crippen molar-refractivity contribution in [3.05, 3.63) is 56.5 Å². The lowest BCUT2D eigenvalue weighted by Crippen LogP contribution is -2.44. The van der Waals surface area contributed by atoms with Gasteiger partial charge in [0.2, 0.25) is 0 Å². The van der Waals surface area contributed by atoms with E-state index in [1.807, 2.05) is 50.2 Å². The molecule has 2 aromatic rings. The van der Waals surface area contributed by atoms with Crippen LogP contribution in [0.5, 0.6) is 11.5 Å². The third-order valence-corrected chi connectivity index (χ3v) is 5.14. The fraction of sp³-hybridized carbons (Fsp3) is 0.333. The van der Waals surface area contributed by atoms with E-state index in [1.54, 1.807) is 6.92 Å². The molecular weight excluding hydrogens is 504 g/mol. The van der Waals surface area contributed by atoms with Gasteiger partial charge in [0.25, 0.3) is 11.8 Å². The van der Waals surface area contributed by atoms with Crippen molar-refractivity contribution in [3.63, 3.8) is 0 Å². The van der Waals surface area contributed by atoms with Crippen molar-refractivity contribution < 1.29 is 19.1 Å². The van der Waals surface area contributed by atoms with Gasteiger partial charge in [-0.05, 0) is 88.0 Å². The van der Waals surface area contributed by atoms with Gasteiger partial charge < -0.3 is 20.1 Å². The summed E-state index contributed by atoms with van der Waals surface area (Å²) in [6, 6.07) is 11.0. The Morgan fingerprint density at radius 3 is 1.86 bits per heavy atom. The second-order valence-electron chi connectivity index (χ2n) is 6.72. The summed E-state index contributed by atoms with van der Waals surface area (Å²) in [5.74, 6) is 0.676. The molecule has 0 aliphatic rings. The SMILES string of the molecule is Cc1ccc(OCC(=O)NC[C@H](C)NC(=O)COc2ccc(C)cc2Br)c(Br)c1. The van der Waals surface area contributed by atoms with Crippen molar-refractivity contribution in [2.24, 2.45) is 0 Å². The van der Waals surface area contributed by atoms with Gasteiger partial charge in [0, 0.05) is 12.6 Å². The number of amides is 2. The molecule has 8 heteroatoms. The van der Waals surface area contributed by atoms with E-state index in [-0.39, 0.29) is 37.6 Å². The van der Waals surface area contributed by atoms with E-state index < -0.39 is 0 Å². The maximum atomic E-state index is 12.0. The first-order valence-electron chi connectivity index (χ1n) is 9.08. The molecule has 0 aliphatic heterocycles. The van der Waals surface area contributed by atoms with E-state index in [2.05, 4.69) is 42.5 Å². The molecule has 2 N–H and O–H groups in total. The molecular formula is C21H24Br2N2O4. The topological polar surface area (TPSA) is 76.7 Å². The van der Waals surface area contributed by atoms with Gasteiger partial charge in [-0.3, -0.25) is 9.59 Å². The Kier molecular flexibility index (Phi) is 8.98. The Balaban J connectivity index is 1.68. The predicted molar refractivity (Wildman–Crippen MR) is 119 cm³/mol. The lowest BCUT2D eigenvalue weighted by molar-refractivity contribution is -0.125. The third kappa shape index (κ3) is 8.06. The van der Waals surface area contributed by atoms with Crippen molar-refractivity contribution in [1.82, 2.24) is 10.6 Å². The molecule has 0 aliphatic carbocycles. The number of halogens is 2. The van der Waals surface area contributed by atoms with E-state index in [0.29, 0.717) is 11.5 Å². The molecule has 2 aromatic carbocycles. The highest BCUT2D eigenvalue weighted by Crippen LogP contribution is 2.26. The second-order valence-corrected chi connectivity index (χ2v) is 8.43. The Morgan fingerprint density at radius 1 is 0.897 bits per heavy atom. The molecule has 6 nitrogen and oxygen atoms in total. The van der Waals surface area contributed by atoms with Crippen molar-refractivity contribution in [2.45, 2.75) is 26.8 Å². The van der Waals surface area contributed by atoms with Gasteiger partial charge in [0.05, 0.1) is 8.95 Å². The summed E-state index contributed by atoms with van der Waals surface area (Å²) in [7, 11) is 0. The van der Waals surface area contributed by atoms with Crippen LogP contribution in [0.3, 0.4) is 0 Å². The maximum Gasteiger partial charge on any atom is 0.258 e. The van der Waals surface area contributed by atoms with Gasteiger partial charge in [0.15, 0.2) is 13.2 Å². The predicted octanol–water partition coefficient (Wildman–Crippen LogP) is 3.91. The van der Waals surface area contributed by atoms with Crippen molar-refractivity contribution in [1.29, 1.82) is 0 Å². The minimum atomic E-state index is -0.265. The number of rotatable bonds is 9. The van der Waals surface area contributed by atoms with E-state index in [0.717, 1.165) is 20.1 Å². The van der Waals surface area contributed by atoms with E-state index in [1.165, 1.54) is 0 Å². The smallest absolute Gasteiger partial charge is 0.258 e. The Labute approximate surface area is 187 Å². The standard InChI is InChI=1S/C21H24Br2N2O4/c1-13-4-6-18(16(22)8-13)28-11-20(26)24-10-15(3)25-21(27)12-29-19-7-5-14(2)9-17(19)23/h4-9,15H,10-12H2,1-3H3,(H,24,26)(H,25,27)/t15-/m0/s1. The molecule has 0 fully saturated rings. The zero-order valence-electron chi connectivity index (χ0n) is 16.6. The second kappa shape index (κ2) is 11.2. The molecule has 0 radical (unpaired) electrons. The number of carbonyl (C=O) groups excluding carboxylic acids is 2. The molecule has 156 valence electrons. The third-order valence-electron chi connectivity index (χ3n) is 3.91. The van der Waals surface area contributed by atoms with Crippen LogP contribution in [0.2, 0.25) is 0 Å². The fourth-order valence-corrected chi connectivity index (χ4v) is 3.63. The van der Waals surface area contributed by atoms with Crippen LogP contribution in [-0.2, 0) is 9.59 Å². The van der Waals surface area contributed by atoms with Crippen LogP contribution in [0.1, 0.15) is 18.1 Å². The molecule has 0 aromatic heterocycles. The first-order chi connectivity index (χ1) is 13.7. The van der Waals surface area contributed by atoms with Crippen LogP contribution in [-0.4, -0.2) is 37.6 Å². The highest BCUT2D eigenvalue weighted by Gasteiger charge is 2.11. The summed E-state index contributed by atoms with van der Waals surface area (Å²) >= 11 is 6.82. The number of aryl methyl sites for hydroxylation is 2. The van der Waals surface area contributed by atoms with Crippen molar-refractivity contribution in [3.8, 4) is 11.5 Å². The summed E-state index contributed by atoms with van der Waals surface area (Å²) < 4.78 is 12.6. The summed E-state index contributed by atoms with van der Waals surface area (Å²) in [6.45, 7) is 5.83. The number of carbonyl (C=O) groups is 2. The molecule has 0 bridgehead atoms. The van der Waals surface area contributed by atoms with Crippen molar-refractivity contribution in [2.75, 3.05) is 19.8 Å². The van der Waals surface area contributed by atoms with Crippen LogP contribution in [0.4, 0.5) is 0 Å². The first kappa shape index (κ1) is 23.2. The summed E-state index contributed by atoms with van der Waals surface area (Å²) in [4.78, 5) is 24.0. The van der Waals surface area contributed by atoms with Gasteiger partial charge in [-0.25, -0.2) is 0 Å². The van der Waals surface area contributed by atoms with Crippen LogP contribution < -0.4 is 20.1 Å². The zero-order chi connectivity index (χ0) is 21.4. The van der Waals surface area contributed by atoms with E-state index in [9.17, 15) is 9.59 Å². The highest BCUT2D eigenvalue weighted by atomic mass is 79.9. The van der Waals surface area contributed by atoms with Crippen LogP contribution in [0.15, 0.2) is 45.3 Å². The maximum absolute atomic E-state index is 12.0. The van der Waals surface area contributed by atoms with E-state index in [4.69, 9.17) is 9.47 Å². The van der Waals surface area contributed by atoms with Crippen LogP contribution in [0.25, 0.3) is 0 Å². The number of benzene rings is 2. The Hall–Kier alpha value is -2.06. The van der Waals surface area contributed by atoms with Gasteiger partial charge in [-0.15, -0.1) is 0 Å². The summed E-state index contributed by atoms with van der Waals surface area (Å²) in [6.07, 6.45) is 0. The highest BCUT2D eigenvalue weighted by molar-refractivity contribution is 9.10. The number of hydrogen-bond donors (Lipinski definition) is 2. The molecule has 29 heavy (non-hydrogen) atoms. The lowest BCUT2D eigenvalue weighted by Gasteiger charge is -2.16. The average molecular weight is 528 g/mol. The molecule has 2 amide bonds. The number of nitrogens with one attached hydrogen (secondary N) is 2. The van der Waals surface area contributed by atoms with Crippen LogP contribution >= 0.6 is 31.9 Å². The van der Waals surface area contributed by atoms with E-state index >= 15 is 0 Å². The molecule has 2 rings (SSSR count). The average Bonchev–Trinajstić information content (AvgIpc) is 2.65. The molecule has 0 saturated heterocycles. The summed E-state index contributed by atoms with van der Waals surface area (Å²) in [5, 5.41) is 5.52. The minimum absolute atomic E-state index is 0.104. The largest absolute Gasteiger partial charge is 0.483 e. The summed E-state index contributed by atoms with van der Waals surface area (Å²) in [5.41, 5.74) is 2.19. The van der Waals surface area contributed by atoms with Gasteiger partial charge >= 0.3 is 0 Å². The number of ether oxygens (including phenoxy) is 2. The molecule has 0 spiro atoms. The Morgan fingerprint density at radius 2 is 1.38 bits per heavy atom. The lowest BCUT2D eigenvalue weighted by atomic mass is 10.2. The number of hydrogen-bond acceptors (Lipinski definition) is 4. The molecule has 0 unspecified atom stereocenters. The molecule has 0 saturated carbocycles. The van der Waals surface area contributed by atoms with Crippen LogP contribution in [0, 0.1) is 13.8 Å². The molecule has 0 heterocycles. The minimum Gasteiger partial charge on any atom is -0.483 e. The van der Waals surface area contributed by atoms with Crippen molar-refractivity contribution >= 4 is 43.7 Å². The monoisotopic (exact) mass is 526 g/mol. The quantitative estimate of drug-likeness (QED) is 0.518. The van der Waals surface area contributed by atoms with Gasteiger partial charge in [0.1, 0.15) is 11.5 Å². The zero-order valence-corrected chi connectivity index (χ0v) is 19.7. The Bertz CT molecular complexity index is 874. The van der Waals surface area contributed by atoms with Gasteiger partial charge in [-0.1, -0.05) is 12.1 Å². The first-order valence-corrected chi connectivity index (χ1v) is 10.7.